The van der Waals surface area contributed by atoms with Crippen molar-refractivity contribution in [3.63, 3.8) is 0 Å². The SMILES string of the molecule is NS(=O)(=O)c1ccc(NC(=O)CCN2CCN(S(=O)(=O)c3ccc(Cl)cc3)CC2)cc1. The molecule has 0 radical (unpaired) electrons. The second-order valence-electron chi connectivity index (χ2n) is 7.07. The highest BCUT2D eigenvalue weighted by atomic mass is 35.5. The van der Waals surface area contributed by atoms with E-state index in [1.807, 2.05) is 4.90 Å². The van der Waals surface area contributed by atoms with Gasteiger partial charge < -0.3 is 10.2 Å². The zero-order chi connectivity index (χ0) is 22.6. The summed E-state index contributed by atoms with van der Waals surface area (Å²) in [5.74, 6) is -0.223. The lowest BCUT2D eigenvalue weighted by Crippen LogP contribution is -2.49. The summed E-state index contributed by atoms with van der Waals surface area (Å²) in [4.78, 5) is 14.4. The molecule has 1 aliphatic heterocycles. The van der Waals surface area contributed by atoms with Crippen LogP contribution >= 0.6 is 11.6 Å². The Hall–Kier alpha value is -2.02. The van der Waals surface area contributed by atoms with Crippen LogP contribution in [-0.2, 0) is 24.8 Å². The Labute approximate surface area is 186 Å². The molecule has 1 saturated heterocycles. The molecule has 0 atom stereocenters. The molecule has 1 fully saturated rings. The molecule has 1 aliphatic rings. The number of amides is 1. The molecule has 2 aromatic rings. The molecule has 0 aliphatic carbocycles. The van der Waals surface area contributed by atoms with Gasteiger partial charge in [0.05, 0.1) is 9.79 Å². The van der Waals surface area contributed by atoms with E-state index in [0.29, 0.717) is 43.4 Å². The summed E-state index contributed by atoms with van der Waals surface area (Å²) in [6, 6.07) is 11.7. The van der Waals surface area contributed by atoms with Crippen LogP contribution in [0.1, 0.15) is 6.42 Å². The number of benzene rings is 2. The molecule has 0 spiro atoms. The number of carbonyl (C=O) groups is 1. The number of nitrogens with zero attached hydrogens (tertiary/aromatic N) is 2. The summed E-state index contributed by atoms with van der Waals surface area (Å²) in [5.41, 5.74) is 0.469. The minimum Gasteiger partial charge on any atom is -0.326 e. The molecule has 1 amide bonds. The smallest absolute Gasteiger partial charge is 0.243 e. The van der Waals surface area contributed by atoms with Crippen LogP contribution in [0.5, 0.6) is 0 Å². The van der Waals surface area contributed by atoms with Crippen molar-refractivity contribution in [1.29, 1.82) is 0 Å². The van der Waals surface area contributed by atoms with Gasteiger partial charge in [-0.3, -0.25) is 4.79 Å². The number of nitrogens with one attached hydrogen (secondary N) is 1. The average Bonchev–Trinajstić information content (AvgIpc) is 2.73. The van der Waals surface area contributed by atoms with E-state index in [0.717, 1.165) is 0 Å². The maximum atomic E-state index is 12.7. The Morgan fingerprint density at radius 2 is 1.45 bits per heavy atom. The average molecular weight is 487 g/mol. The topological polar surface area (TPSA) is 130 Å². The summed E-state index contributed by atoms with van der Waals surface area (Å²) in [6.45, 7) is 2.19. The van der Waals surface area contributed by atoms with Crippen LogP contribution in [-0.4, -0.2) is 64.7 Å². The fourth-order valence-electron chi connectivity index (χ4n) is 3.16. The summed E-state index contributed by atoms with van der Waals surface area (Å²) in [6.07, 6.45) is 0.223. The lowest BCUT2D eigenvalue weighted by molar-refractivity contribution is -0.116. The Balaban J connectivity index is 1.46. The van der Waals surface area contributed by atoms with Crippen molar-refractivity contribution in [3.8, 4) is 0 Å². The van der Waals surface area contributed by atoms with Gasteiger partial charge in [-0.15, -0.1) is 0 Å². The Morgan fingerprint density at radius 3 is 2.00 bits per heavy atom. The molecule has 168 valence electrons. The highest BCUT2D eigenvalue weighted by Crippen LogP contribution is 2.20. The van der Waals surface area contributed by atoms with Crippen molar-refractivity contribution in [2.75, 3.05) is 38.0 Å². The number of anilines is 1. The van der Waals surface area contributed by atoms with Crippen LogP contribution in [0.15, 0.2) is 58.3 Å². The zero-order valence-electron chi connectivity index (χ0n) is 16.6. The molecule has 0 bridgehead atoms. The maximum Gasteiger partial charge on any atom is 0.243 e. The number of piperazine rings is 1. The van der Waals surface area contributed by atoms with Crippen LogP contribution in [0.25, 0.3) is 0 Å². The van der Waals surface area contributed by atoms with Crippen LogP contribution < -0.4 is 10.5 Å². The van der Waals surface area contributed by atoms with Gasteiger partial charge in [-0.2, -0.15) is 4.31 Å². The predicted molar refractivity (Wildman–Crippen MR) is 118 cm³/mol. The van der Waals surface area contributed by atoms with Gasteiger partial charge in [-0.05, 0) is 48.5 Å². The van der Waals surface area contributed by atoms with Crippen molar-refractivity contribution in [2.24, 2.45) is 5.14 Å². The Morgan fingerprint density at radius 1 is 0.903 bits per heavy atom. The van der Waals surface area contributed by atoms with Gasteiger partial charge in [0.1, 0.15) is 0 Å². The van der Waals surface area contributed by atoms with Crippen molar-refractivity contribution in [2.45, 2.75) is 16.2 Å². The molecule has 0 aromatic heterocycles. The first-order valence-corrected chi connectivity index (χ1v) is 12.8. The normalized spacial score (nSPS) is 16.2. The summed E-state index contributed by atoms with van der Waals surface area (Å²) in [5, 5.41) is 8.22. The molecule has 3 rings (SSSR count). The monoisotopic (exact) mass is 486 g/mol. The van der Waals surface area contributed by atoms with E-state index in [2.05, 4.69) is 5.32 Å². The molecule has 12 heteroatoms. The number of rotatable bonds is 7. The van der Waals surface area contributed by atoms with E-state index in [-0.39, 0.29) is 22.1 Å². The quantitative estimate of drug-likeness (QED) is 0.607. The molecule has 3 N–H and O–H groups in total. The first kappa shape index (κ1) is 23.6. The summed E-state index contributed by atoms with van der Waals surface area (Å²) in [7, 11) is -7.35. The van der Waals surface area contributed by atoms with E-state index in [1.165, 1.54) is 40.7 Å². The molecule has 2 aromatic carbocycles. The number of sulfonamides is 2. The zero-order valence-corrected chi connectivity index (χ0v) is 19.0. The van der Waals surface area contributed by atoms with Gasteiger partial charge in [-0.1, -0.05) is 11.6 Å². The fraction of sp³-hybridized carbons (Fsp3) is 0.316. The second-order valence-corrected chi connectivity index (χ2v) is 11.0. The Bertz CT molecular complexity index is 1130. The lowest BCUT2D eigenvalue weighted by atomic mass is 10.3. The molecule has 1 heterocycles. The third-order valence-electron chi connectivity index (χ3n) is 4.90. The molecular weight excluding hydrogens is 464 g/mol. The molecular formula is C19H23ClN4O5S2. The van der Waals surface area contributed by atoms with Gasteiger partial charge in [0.25, 0.3) is 0 Å². The first-order chi connectivity index (χ1) is 14.6. The van der Waals surface area contributed by atoms with Crippen LogP contribution in [0.3, 0.4) is 0 Å². The lowest BCUT2D eigenvalue weighted by Gasteiger charge is -2.33. The number of hydrogen-bond acceptors (Lipinski definition) is 6. The van der Waals surface area contributed by atoms with Crippen molar-refractivity contribution < 1.29 is 21.6 Å². The minimum absolute atomic E-state index is 0.0306. The molecule has 9 nitrogen and oxygen atoms in total. The van der Waals surface area contributed by atoms with Crippen LogP contribution in [0.2, 0.25) is 5.02 Å². The third-order valence-corrected chi connectivity index (χ3v) is 8.00. The van der Waals surface area contributed by atoms with E-state index < -0.39 is 20.0 Å². The maximum absolute atomic E-state index is 12.7. The largest absolute Gasteiger partial charge is 0.326 e. The van der Waals surface area contributed by atoms with E-state index in [1.54, 1.807) is 12.1 Å². The number of nitrogens with two attached hydrogens (primary N) is 1. The summed E-state index contributed by atoms with van der Waals surface area (Å²) >= 11 is 5.83. The second kappa shape index (κ2) is 9.63. The third kappa shape index (κ3) is 6.25. The number of hydrogen-bond donors (Lipinski definition) is 2. The van der Waals surface area contributed by atoms with E-state index in [4.69, 9.17) is 16.7 Å². The van der Waals surface area contributed by atoms with Gasteiger partial charge in [0.15, 0.2) is 0 Å². The standard InChI is InChI=1S/C19H23ClN4O5S2/c20-15-1-5-18(6-2-15)31(28,29)24-13-11-23(12-14-24)10-9-19(25)22-16-3-7-17(8-4-16)30(21,26)27/h1-8H,9-14H2,(H,22,25)(H2,21,26,27). The van der Waals surface area contributed by atoms with E-state index >= 15 is 0 Å². The van der Waals surface area contributed by atoms with Crippen molar-refractivity contribution >= 4 is 43.2 Å². The van der Waals surface area contributed by atoms with Gasteiger partial charge in [0.2, 0.25) is 26.0 Å². The fourth-order valence-corrected chi connectivity index (χ4v) is 5.22. The van der Waals surface area contributed by atoms with E-state index in [9.17, 15) is 21.6 Å². The van der Waals surface area contributed by atoms with Crippen molar-refractivity contribution in [1.82, 2.24) is 9.21 Å². The number of halogens is 1. The Kier molecular flexibility index (Phi) is 7.35. The first-order valence-electron chi connectivity index (χ1n) is 9.46. The number of primary sulfonamides is 1. The van der Waals surface area contributed by atoms with Gasteiger partial charge in [0, 0.05) is 49.9 Å². The highest BCUT2D eigenvalue weighted by Gasteiger charge is 2.28. The minimum atomic E-state index is -3.78. The molecule has 0 unspecified atom stereocenters. The van der Waals surface area contributed by atoms with Crippen molar-refractivity contribution in [3.05, 3.63) is 53.6 Å². The molecule has 0 saturated carbocycles. The molecule has 31 heavy (non-hydrogen) atoms. The van der Waals surface area contributed by atoms with Crippen LogP contribution in [0, 0.1) is 0 Å². The van der Waals surface area contributed by atoms with Crippen LogP contribution in [0.4, 0.5) is 5.69 Å². The predicted octanol–water partition coefficient (Wildman–Crippen LogP) is 1.32. The highest BCUT2D eigenvalue weighted by molar-refractivity contribution is 7.89. The van der Waals surface area contributed by atoms with Gasteiger partial charge >= 0.3 is 0 Å². The van der Waals surface area contributed by atoms with Gasteiger partial charge in [-0.25, -0.2) is 22.0 Å². The number of carbonyl (C=O) groups excluding carboxylic acids is 1. The summed E-state index contributed by atoms with van der Waals surface area (Å²) < 4.78 is 49.4.